The molecular weight excluding hydrogens is 424 g/mol. The Hall–Kier alpha value is -2.80. The summed E-state index contributed by atoms with van der Waals surface area (Å²) < 4.78 is 21.8. The quantitative estimate of drug-likeness (QED) is 0.249. The monoisotopic (exact) mass is 456 g/mol. The third kappa shape index (κ3) is 9.30. The van der Waals surface area contributed by atoms with E-state index in [0.717, 1.165) is 5.56 Å². The minimum Gasteiger partial charge on any atom is -0.384 e. The lowest BCUT2D eigenvalue weighted by Gasteiger charge is -2.29. The number of nitrogens with zero attached hydrogens (tertiary/aromatic N) is 2. The van der Waals surface area contributed by atoms with Crippen LogP contribution in [-0.4, -0.2) is 69.5 Å². The van der Waals surface area contributed by atoms with E-state index in [1.165, 1.54) is 24.3 Å². The van der Waals surface area contributed by atoms with Crippen LogP contribution in [0, 0.1) is 17.2 Å². The third-order valence-corrected chi connectivity index (χ3v) is 5.03. The van der Waals surface area contributed by atoms with E-state index in [4.69, 9.17) is 24.2 Å². The topological polar surface area (TPSA) is 101 Å². The van der Waals surface area contributed by atoms with Crippen molar-refractivity contribution in [1.82, 2.24) is 5.06 Å². The van der Waals surface area contributed by atoms with Gasteiger partial charge in [0.25, 0.3) is 5.91 Å². The number of ether oxygens (including phenoxy) is 4. The molecule has 178 valence electrons. The summed E-state index contributed by atoms with van der Waals surface area (Å²) in [5, 5.41) is 20.4. The van der Waals surface area contributed by atoms with Gasteiger partial charge in [0, 0.05) is 25.7 Å². The number of hydrogen-bond donors (Lipinski definition) is 1. The van der Waals surface area contributed by atoms with E-state index in [1.54, 1.807) is 14.2 Å². The molecule has 0 aromatic heterocycles. The van der Waals surface area contributed by atoms with Gasteiger partial charge in [-0.15, -0.1) is 0 Å². The largest absolute Gasteiger partial charge is 0.384 e. The average Bonchev–Trinajstić information content (AvgIpc) is 2.85. The standard InChI is InChI=1S/C25H32N2O6/c1-30-12-13-32-19-24(27(29)25(28)23-10-8-20(15-26)9-11-23)14-22(16-31-2)18-33-17-21-6-4-3-5-7-21/h3-11,22,24,29H,12-14,16-19H2,1-2H3/t22-,24+/m1/s1. The smallest absolute Gasteiger partial charge is 0.277 e. The number of carbonyl (C=O) groups is 1. The van der Waals surface area contributed by atoms with E-state index in [0.29, 0.717) is 50.1 Å². The lowest BCUT2D eigenvalue weighted by molar-refractivity contribution is -0.118. The van der Waals surface area contributed by atoms with Crippen LogP contribution >= 0.6 is 0 Å². The summed E-state index contributed by atoms with van der Waals surface area (Å²) >= 11 is 0. The lowest BCUT2D eigenvalue weighted by Crippen LogP contribution is -2.43. The maximum atomic E-state index is 12.9. The third-order valence-electron chi connectivity index (χ3n) is 5.03. The molecule has 2 aromatic carbocycles. The second kappa shape index (κ2) is 15.1. The molecule has 8 heteroatoms. The molecule has 0 heterocycles. The summed E-state index contributed by atoms with van der Waals surface area (Å²) in [6.45, 7) is 2.14. The molecule has 0 spiro atoms. The molecule has 0 unspecified atom stereocenters. The van der Waals surface area contributed by atoms with Gasteiger partial charge in [0.15, 0.2) is 0 Å². The highest BCUT2D eigenvalue weighted by Gasteiger charge is 2.27. The molecule has 1 amide bonds. The molecule has 0 radical (unpaired) electrons. The Morgan fingerprint density at radius 2 is 1.70 bits per heavy atom. The minimum atomic E-state index is -0.620. The van der Waals surface area contributed by atoms with Crippen molar-refractivity contribution in [2.45, 2.75) is 19.1 Å². The Kier molecular flexibility index (Phi) is 12.1. The van der Waals surface area contributed by atoms with Gasteiger partial charge in [-0.05, 0) is 36.2 Å². The van der Waals surface area contributed by atoms with Crippen molar-refractivity contribution in [2.24, 2.45) is 5.92 Å². The van der Waals surface area contributed by atoms with Crippen molar-refractivity contribution in [2.75, 3.05) is 47.3 Å². The zero-order valence-corrected chi connectivity index (χ0v) is 19.2. The normalized spacial score (nSPS) is 12.7. The predicted molar refractivity (Wildman–Crippen MR) is 122 cm³/mol. The number of nitriles is 1. The first-order valence-corrected chi connectivity index (χ1v) is 10.8. The van der Waals surface area contributed by atoms with Crippen molar-refractivity contribution >= 4 is 5.91 Å². The lowest BCUT2D eigenvalue weighted by atomic mass is 10.0. The van der Waals surface area contributed by atoms with Crippen LogP contribution in [0.1, 0.15) is 27.9 Å². The van der Waals surface area contributed by atoms with E-state index in [-0.39, 0.29) is 18.1 Å². The van der Waals surface area contributed by atoms with Crippen LogP contribution in [-0.2, 0) is 25.6 Å². The van der Waals surface area contributed by atoms with Crippen LogP contribution in [0.4, 0.5) is 0 Å². The van der Waals surface area contributed by atoms with E-state index in [9.17, 15) is 10.0 Å². The van der Waals surface area contributed by atoms with E-state index < -0.39 is 11.9 Å². The van der Waals surface area contributed by atoms with Gasteiger partial charge < -0.3 is 18.9 Å². The SMILES string of the molecule is COCCOC[C@H](C[C@H](COC)COCc1ccccc1)N(O)C(=O)c1ccc(C#N)cc1. The molecule has 33 heavy (non-hydrogen) atoms. The Bertz CT molecular complexity index is 853. The fraction of sp³-hybridized carbons (Fsp3) is 0.440. The molecule has 1 N–H and O–H groups in total. The van der Waals surface area contributed by atoms with E-state index >= 15 is 0 Å². The molecule has 0 aliphatic carbocycles. The first-order chi connectivity index (χ1) is 16.1. The van der Waals surface area contributed by atoms with Gasteiger partial charge in [-0.2, -0.15) is 5.26 Å². The van der Waals surface area contributed by atoms with E-state index in [2.05, 4.69) is 0 Å². The van der Waals surface area contributed by atoms with Crippen molar-refractivity contribution in [1.29, 1.82) is 5.26 Å². The van der Waals surface area contributed by atoms with E-state index in [1.807, 2.05) is 36.4 Å². The maximum Gasteiger partial charge on any atom is 0.277 e. The fourth-order valence-corrected chi connectivity index (χ4v) is 3.31. The molecule has 0 aliphatic rings. The van der Waals surface area contributed by atoms with Crippen molar-refractivity contribution in [3.8, 4) is 6.07 Å². The first-order valence-electron chi connectivity index (χ1n) is 10.8. The van der Waals surface area contributed by atoms with Crippen LogP contribution in [0.25, 0.3) is 0 Å². The Balaban J connectivity index is 2.04. The summed E-state index contributed by atoms with van der Waals surface area (Å²) in [5.74, 6) is -0.639. The van der Waals surface area contributed by atoms with Crippen LogP contribution in [0.15, 0.2) is 54.6 Å². The molecule has 8 nitrogen and oxygen atoms in total. The maximum absolute atomic E-state index is 12.9. The van der Waals surface area contributed by atoms with Crippen molar-refractivity contribution in [3.05, 3.63) is 71.3 Å². The molecule has 0 saturated heterocycles. The summed E-state index contributed by atoms with van der Waals surface area (Å²) in [6, 6.07) is 17.3. The van der Waals surface area contributed by atoms with Crippen LogP contribution in [0.2, 0.25) is 0 Å². The van der Waals surface area contributed by atoms with Gasteiger partial charge in [0.1, 0.15) is 0 Å². The first kappa shape index (κ1) is 26.5. The van der Waals surface area contributed by atoms with Gasteiger partial charge in [-0.25, -0.2) is 5.06 Å². The fourth-order valence-electron chi connectivity index (χ4n) is 3.31. The minimum absolute atomic E-state index is 0.0712. The molecule has 0 saturated carbocycles. The summed E-state index contributed by atoms with van der Waals surface area (Å²) in [4.78, 5) is 12.9. The zero-order chi connectivity index (χ0) is 23.9. The van der Waals surface area contributed by atoms with Gasteiger partial charge in [-0.1, -0.05) is 30.3 Å². The van der Waals surface area contributed by atoms with Crippen LogP contribution < -0.4 is 0 Å². The number of amides is 1. The Morgan fingerprint density at radius 3 is 2.33 bits per heavy atom. The second-order valence-corrected chi connectivity index (χ2v) is 7.62. The average molecular weight is 457 g/mol. The number of rotatable bonds is 15. The Morgan fingerprint density at radius 1 is 0.970 bits per heavy atom. The molecule has 0 bridgehead atoms. The molecule has 0 fully saturated rings. The highest BCUT2D eigenvalue weighted by Crippen LogP contribution is 2.17. The van der Waals surface area contributed by atoms with Gasteiger partial charge in [0.2, 0.25) is 0 Å². The number of hydroxylamine groups is 2. The van der Waals surface area contributed by atoms with Crippen molar-refractivity contribution < 1.29 is 28.9 Å². The second-order valence-electron chi connectivity index (χ2n) is 7.62. The number of benzene rings is 2. The van der Waals surface area contributed by atoms with Gasteiger partial charge in [0.05, 0.1) is 57.3 Å². The van der Waals surface area contributed by atoms with Gasteiger partial charge in [-0.3, -0.25) is 10.0 Å². The zero-order valence-electron chi connectivity index (χ0n) is 19.2. The molecule has 0 aliphatic heterocycles. The molecular formula is C25H32N2O6. The highest BCUT2D eigenvalue weighted by molar-refractivity contribution is 5.93. The highest BCUT2D eigenvalue weighted by atomic mass is 16.5. The molecule has 2 atom stereocenters. The molecule has 2 aromatic rings. The summed E-state index contributed by atoms with van der Waals surface area (Å²) in [5.41, 5.74) is 1.78. The Labute approximate surface area is 195 Å². The van der Waals surface area contributed by atoms with Gasteiger partial charge >= 0.3 is 0 Å². The number of hydrogen-bond acceptors (Lipinski definition) is 7. The van der Waals surface area contributed by atoms with Crippen LogP contribution in [0.3, 0.4) is 0 Å². The van der Waals surface area contributed by atoms with Crippen molar-refractivity contribution in [3.63, 3.8) is 0 Å². The summed E-state index contributed by atoms with van der Waals surface area (Å²) in [6.07, 6.45) is 0.411. The number of carbonyl (C=O) groups excluding carboxylic acids is 1. The predicted octanol–water partition coefficient (Wildman–Crippen LogP) is 3.29. The van der Waals surface area contributed by atoms with Crippen LogP contribution in [0.5, 0.6) is 0 Å². The number of methoxy groups -OCH3 is 2. The summed E-state index contributed by atoms with van der Waals surface area (Å²) in [7, 11) is 3.18. The molecule has 2 rings (SSSR count).